The Hall–Kier alpha value is -2.75. The molecular formula is C16H13N3O. The summed E-state index contributed by atoms with van der Waals surface area (Å²) < 4.78 is 0. The van der Waals surface area contributed by atoms with Crippen LogP contribution in [0.25, 0.3) is 17.2 Å². The van der Waals surface area contributed by atoms with E-state index in [1.54, 1.807) is 12.4 Å². The maximum absolute atomic E-state index is 11.0. The number of nitrogens with two attached hydrogens (primary N) is 1. The average Bonchev–Trinajstić information content (AvgIpc) is 2.64. The standard InChI is InChI=1S/C16H13N3O/c17-16-7-11(10-20)6-13-4-3-12(8-15(13)19-16)14-2-1-5-18-9-14/h1-6,8-10H,7H2,(H2,17,19). The molecule has 1 aliphatic rings. The largest absolute Gasteiger partial charge is 0.387 e. The Morgan fingerprint density at radius 2 is 2.10 bits per heavy atom. The van der Waals surface area contributed by atoms with Crippen molar-refractivity contribution in [2.45, 2.75) is 6.42 Å². The van der Waals surface area contributed by atoms with Crippen molar-refractivity contribution in [2.24, 2.45) is 10.7 Å². The van der Waals surface area contributed by atoms with Gasteiger partial charge in [-0.05, 0) is 23.8 Å². The van der Waals surface area contributed by atoms with E-state index in [1.165, 1.54) is 0 Å². The highest BCUT2D eigenvalue weighted by Crippen LogP contribution is 2.30. The lowest BCUT2D eigenvalue weighted by molar-refractivity contribution is -0.104. The number of hydrogen-bond acceptors (Lipinski definition) is 4. The SMILES string of the molecule is NC1=Nc2cc(-c3cccnc3)ccc2C=C(C=O)C1. The highest BCUT2D eigenvalue weighted by Gasteiger charge is 2.10. The number of carbonyl (C=O) groups excluding carboxylic acids is 1. The Morgan fingerprint density at radius 3 is 2.85 bits per heavy atom. The predicted octanol–water partition coefficient (Wildman–Crippen LogP) is 2.72. The minimum absolute atomic E-state index is 0.389. The van der Waals surface area contributed by atoms with Crippen molar-refractivity contribution in [2.75, 3.05) is 0 Å². The quantitative estimate of drug-likeness (QED) is 0.847. The fraction of sp³-hybridized carbons (Fsp3) is 0.0625. The average molecular weight is 263 g/mol. The third-order valence-corrected chi connectivity index (χ3v) is 3.17. The molecule has 0 fully saturated rings. The normalized spacial score (nSPS) is 13.8. The van der Waals surface area contributed by atoms with Gasteiger partial charge in [-0.2, -0.15) is 0 Å². The van der Waals surface area contributed by atoms with E-state index in [4.69, 9.17) is 5.73 Å². The van der Waals surface area contributed by atoms with E-state index in [0.717, 1.165) is 28.7 Å². The molecule has 4 nitrogen and oxygen atoms in total. The van der Waals surface area contributed by atoms with Crippen molar-refractivity contribution < 1.29 is 4.79 Å². The monoisotopic (exact) mass is 263 g/mol. The molecule has 0 radical (unpaired) electrons. The summed E-state index contributed by atoms with van der Waals surface area (Å²) in [5.74, 6) is 0.449. The van der Waals surface area contributed by atoms with Gasteiger partial charge in [0.05, 0.1) is 5.69 Å². The number of amidine groups is 1. The van der Waals surface area contributed by atoms with E-state index in [0.29, 0.717) is 17.8 Å². The third kappa shape index (κ3) is 2.36. The minimum atomic E-state index is 0.389. The summed E-state index contributed by atoms with van der Waals surface area (Å²) in [6.45, 7) is 0. The van der Waals surface area contributed by atoms with Gasteiger partial charge in [-0.25, -0.2) is 4.99 Å². The molecule has 2 N–H and O–H groups in total. The lowest BCUT2D eigenvalue weighted by Crippen LogP contribution is -2.11. The smallest absolute Gasteiger partial charge is 0.146 e. The van der Waals surface area contributed by atoms with Crippen molar-refractivity contribution in [3.63, 3.8) is 0 Å². The molecule has 3 rings (SSSR count). The predicted molar refractivity (Wildman–Crippen MR) is 79.6 cm³/mol. The topological polar surface area (TPSA) is 68.3 Å². The fourth-order valence-electron chi connectivity index (χ4n) is 2.21. The number of benzene rings is 1. The van der Waals surface area contributed by atoms with Crippen LogP contribution in [0.2, 0.25) is 0 Å². The molecule has 98 valence electrons. The molecule has 0 amide bonds. The summed E-state index contributed by atoms with van der Waals surface area (Å²) in [6.07, 6.45) is 6.59. The van der Waals surface area contributed by atoms with Gasteiger partial charge < -0.3 is 5.73 Å². The van der Waals surface area contributed by atoms with E-state index < -0.39 is 0 Å². The first-order valence-corrected chi connectivity index (χ1v) is 6.29. The van der Waals surface area contributed by atoms with Crippen LogP contribution in [0.1, 0.15) is 12.0 Å². The number of carbonyl (C=O) groups is 1. The Kier molecular flexibility index (Phi) is 3.13. The Bertz CT molecular complexity index is 718. The van der Waals surface area contributed by atoms with E-state index in [9.17, 15) is 4.79 Å². The Labute approximate surface area is 116 Å². The molecule has 2 aromatic rings. The molecule has 0 aliphatic carbocycles. The molecule has 2 heterocycles. The third-order valence-electron chi connectivity index (χ3n) is 3.17. The van der Waals surface area contributed by atoms with Gasteiger partial charge in [-0.1, -0.05) is 18.2 Å². The second-order valence-electron chi connectivity index (χ2n) is 4.63. The van der Waals surface area contributed by atoms with Crippen LogP contribution >= 0.6 is 0 Å². The lowest BCUT2D eigenvalue weighted by Gasteiger charge is -2.05. The van der Waals surface area contributed by atoms with Crippen LogP contribution in [0.15, 0.2) is 53.3 Å². The molecule has 20 heavy (non-hydrogen) atoms. The lowest BCUT2D eigenvalue weighted by atomic mass is 10.0. The van der Waals surface area contributed by atoms with E-state index in [-0.39, 0.29) is 0 Å². The number of nitrogens with zero attached hydrogens (tertiary/aromatic N) is 2. The molecule has 1 aromatic heterocycles. The molecule has 0 atom stereocenters. The van der Waals surface area contributed by atoms with Crippen molar-refractivity contribution in [3.8, 4) is 11.1 Å². The number of aliphatic imine (C=N–C) groups is 1. The van der Waals surface area contributed by atoms with Gasteiger partial charge in [0, 0.05) is 35.5 Å². The van der Waals surface area contributed by atoms with E-state index >= 15 is 0 Å². The van der Waals surface area contributed by atoms with Gasteiger partial charge >= 0.3 is 0 Å². The molecule has 4 heteroatoms. The zero-order chi connectivity index (χ0) is 13.9. The summed E-state index contributed by atoms with van der Waals surface area (Å²) in [6, 6.07) is 9.78. The zero-order valence-electron chi connectivity index (χ0n) is 10.8. The summed E-state index contributed by atoms with van der Waals surface area (Å²) >= 11 is 0. The maximum atomic E-state index is 11.0. The van der Waals surface area contributed by atoms with Crippen molar-refractivity contribution >= 4 is 23.9 Å². The second-order valence-corrected chi connectivity index (χ2v) is 4.63. The first kappa shape index (κ1) is 12.3. The highest BCUT2D eigenvalue weighted by molar-refractivity contribution is 5.98. The van der Waals surface area contributed by atoms with Gasteiger partial charge in [-0.15, -0.1) is 0 Å². The highest BCUT2D eigenvalue weighted by atomic mass is 16.1. The maximum Gasteiger partial charge on any atom is 0.146 e. The molecule has 0 saturated heterocycles. The summed E-state index contributed by atoms with van der Waals surface area (Å²) in [5, 5.41) is 0. The summed E-state index contributed by atoms with van der Waals surface area (Å²) in [4.78, 5) is 19.5. The van der Waals surface area contributed by atoms with Crippen LogP contribution in [0.5, 0.6) is 0 Å². The first-order chi connectivity index (χ1) is 9.76. The van der Waals surface area contributed by atoms with Gasteiger partial charge in [0.1, 0.15) is 12.1 Å². The second kappa shape index (κ2) is 5.09. The molecule has 1 aliphatic heterocycles. The van der Waals surface area contributed by atoms with E-state index in [1.807, 2.05) is 36.4 Å². The molecule has 1 aromatic carbocycles. The molecule has 0 bridgehead atoms. The number of rotatable bonds is 2. The van der Waals surface area contributed by atoms with Crippen LogP contribution in [0, 0.1) is 0 Å². The molecule has 0 unspecified atom stereocenters. The number of fused-ring (bicyclic) bond motifs is 1. The number of hydrogen-bond donors (Lipinski definition) is 1. The van der Waals surface area contributed by atoms with Crippen LogP contribution in [0.3, 0.4) is 0 Å². The molecule has 0 saturated carbocycles. The number of aromatic nitrogens is 1. The fourth-order valence-corrected chi connectivity index (χ4v) is 2.21. The van der Waals surface area contributed by atoms with Gasteiger partial charge in [0.15, 0.2) is 0 Å². The van der Waals surface area contributed by atoms with Crippen molar-refractivity contribution in [1.29, 1.82) is 0 Å². The first-order valence-electron chi connectivity index (χ1n) is 6.29. The Morgan fingerprint density at radius 1 is 1.20 bits per heavy atom. The van der Waals surface area contributed by atoms with E-state index in [2.05, 4.69) is 9.98 Å². The number of aldehydes is 1. The van der Waals surface area contributed by atoms with Crippen LogP contribution in [-0.4, -0.2) is 17.1 Å². The zero-order valence-corrected chi connectivity index (χ0v) is 10.8. The van der Waals surface area contributed by atoms with Crippen molar-refractivity contribution in [3.05, 3.63) is 53.9 Å². The van der Waals surface area contributed by atoms with Crippen LogP contribution in [0.4, 0.5) is 5.69 Å². The van der Waals surface area contributed by atoms with Crippen LogP contribution in [-0.2, 0) is 4.79 Å². The molecular weight excluding hydrogens is 250 g/mol. The Balaban J connectivity index is 2.12. The summed E-state index contributed by atoms with van der Waals surface area (Å²) in [5.41, 5.74) is 10.2. The van der Waals surface area contributed by atoms with Gasteiger partial charge in [0.2, 0.25) is 0 Å². The van der Waals surface area contributed by atoms with Crippen LogP contribution < -0.4 is 5.73 Å². The minimum Gasteiger partial charge on any atom is -0.387 e. The van der Waals surface area contributed by atoms with Crippen molar-refractivity contribution in [1.82, 2.24) is 4.98 Å². The van der Waals surface area contributed by atoms with Gasteiger partial charge in [0.25, 0.3) is 0 Å². The molecule has 0 spiro atoms. The number of pyridine rings is 1. The van der Waals surface area contributed by atoms with Gasteiger partial charge in [-0.3, -0.25) is 9.78 Å². The summed E-state index contributed by atoms with van der Waals surface area (Å²) in [7, 11) is 0.